The van der Waals surface area contributed by atoms with Crippen LogP contribution in [0.4, 0.5) is 0 Å². The first-order chi connectivity index (χ1) is 9.27. The molecule has 3 nitrogen and oxygen atoms in total. The Hall–Kier alpha value is -0.300. The van der Waals surface area contributed by atoms with Crippen LogP contribution < -0.4 is 5.32 Å². The number of nitrogens with one attached hydrogen (secondary N) is 1. The van der Waals surface area contributed by atoms with Crippen molar-refractivity contribution in [2.24, 2.45) is 0 Å². The van der Waals surface area contributed by atoms with Gasteiger partial charge in [0.1, 0.15) is 0 Å². The van der Waals surface area contributed by atoms with Crippen LogP contribution in [0.5, 0.6) is 0 Å². The Morgan fingerprint density at radius 3 is 2.79 bits per heavy atom. The lowest BCUT2D eigenvalue weighted by Crippen LogP contribution is -2.22. The van der Waals surface area contributed by atoms with Crippen LogP contribution in [-0.4, -0.2) is 16.1 Å². The second kappa shape index (κ2) is 7.47. The highest BCUT2D eigenvalue weighted by atomic mass is 79.9. The maximum atomic E-state index is 4.29. The second-order valence-electron chi connectivity index (χ2n) is 4.35. The normalized spacial score (nSPS) is 12.8. The van der Waals surface area contributed by atoms with Crippen molar-refractivity contribution in [3.8, 4) is 0 Å². The van der Waals surface area contributed by atoms with Gasteiger partial charge in [0.25, 0.3) is 0 Å². The molecule has 0 aliphatic rings. The monoisotopic (exact) mass is 359 g/mol. The zero-order valence-corrected chi connectivity index (χ0v) is 14.4. The van der Waals surface area contributed by atoms with Crippen LogP contribution in [-0.2, 0) is 6.42 Å². The predicted molar refractivity (Wildman–Crippen MR) is 86.1 cm³/mol. The summed E-state index contributed by atoms with van der Waals surface area (Å²) in [6.07, 6.45) is 3.22. The SMILES string of the molecule is CCCNC(c1sccc1Br)c1snnc1CCC. The van der Waals surface area contributed by atoms with Gasteiger partial charge in [-0.25, -0.2) is 0 Å². The molecule has 19 heavy (non-hydrogen) atoms. The van der Waals surface area contributed by atoms with E-state index in [2.05, 4.69) is 56.1 Å². The van der Waals surface area contributed by atoms with Crippen LogP contribution in [0.1, 0.15) is 48.2 Å². The fourth-order valence-corrected chi connectivity index (χ4v) is 4.49. The second-order valence-corrected chi connectivity index (χ2v) is 6.94. The van der Waals surface area contributed by atoms with E-state index in [9.17, 15) is 0 Å². The molecule has 0 bridgehead atoms. The number of nitrogens with zero attached hydrogens (tertiary/aromatic N) is 2. The van der Waals surface area contributed by atoms with Crippen LogP contribution in [0, 0.1) is 0 Å². The van der Waals surface area contributed by atoms with Gasteiger partial charge in [0.15, 0.2) is 0 Å². The largest absolute Gasteiger partial charge is 0.305 e. The fraction of sp³-hybridized carbons (Fsp3) is 0.538. The van der Waals surface area contributed by atoms with Crippen molar-refractivity contribution in [1.82, 2.24) is 14.9 Å². The lowest BCUT2D eigenvalue weighted by Gasteiger charge is -2.17. The summed E-state index contributed by atoms with van der Waals surface area (Å²) in [4.78, 5) is 2.58. The van der Waals surface area contributed by atoms with E-state index in [0.29, 0.717) is 0 Å². The van der Waals surface area contributed by atoms with E-state index in [0.717, 1.165) is 31.5 Å². The maximum Gasteiger partial charge on any atom is 0.0811 e. The van der Waals surface area contributed by atoms with Crippen molar-refractivity contribution < 1.29 is 0 Å². The molecule has 1 N–H and O–H groups in total. The van der Waals surface area contributed by atoms with Crippen molar-refractivity contribution in [2.45, 2.75) is 39.2 Å². The van der Waals surface area contributed by atoms with Crippen molar-refractivity contribution >= 4 is 38.8 Å². The van der Waals surface area contributed by atoms with Gasteiger partial charge in [-0.1, -0.05) is 24.8 Å². The maximum absolute atomic E-state index is 4.29. The van der Waals surface area contributed by atoms with Crippen LogP contribution in [0.25, 0.3) is 0 Å². The highest BCUT2D eigenvalue weighted by Crippen LogP contribution is 2.35. The summed E-state index contributed by atoms with van der Waals surface area (Å²) in [5.74, 6) is 0. The third-order valence-corrected chi connectivity index (χ3v) is 5.61. The molecule has 2 rings (SSSR count). The number of rotatable bonds is 7. The zero-order chi connectivity index (χ0) is 13.7. The Morgan fingerprint density at radius 2 is 2.16 bits per heavy atom. The molecule has 6 heteroatoms. The number of aryl methyl sites for hydroxylation is 1. The molecule has 1 unspecified atom stereocenters. The summed E-state index contributed by atoms with van der Waals surface area (Å²) in [5.41, 5.74) is 1.14. The molecule has 0 aliphatic heterocycles. The number of hydrogen-bond donors (Lipinski definition) is 1. The summed E-state index contributed by atoms with van der Waals surface area (Å²) in [7, 11) is 0. The van der Waals surface area contributed by atoms with Crippen molar-refractivity contribution in [3.63, 3.8) is 0 Å². The van der Waals surface area contributed by atoms with Gasteiger partial charge in [-0.3, -0.25) is 0 Å². The number of aromatic nitrogens is 2. The summed E-state index contributed by atoms with van der Waals surface area (Å²) in [6, 6.07) is 2.32. The molecule has 2 heterocycles. The Bertz CT molecular complexity index is 509. The van der Waals surface area contributed by atoms with E-state index in [-0.39, 0.29) is 6.04 Å². The molecule has 0 radical (unpaired) electrons. The Morgan fingerprint density at radius 1 is 1.32 bits per heavy atom. The van der Waals surface area contributed by atoms with Gasteiger partial charge >= 0.3 is 0 Å². The van der Waals surface area contributed by atoms with Crippen LogP contribution in [0.15, 0.2) is 15.9 Å². The van der Waals surface area contributed by atoms with Gasteiger partial charge in [-0.2, -0.15) is 0 Å². The molecule has 104 valence electrons. The molecule has 1 atom stereocenters. The Kier molecular flexibility index (Phi) is 5.94. The first kappa shape index (κ1) is 15.1. The molecule has 2 aromatic rings. The molecular formula is C13H18BrN3S2. The van der Waals surface area contributed by atoms with E-state index in [4.69, 9.17) is 0 Å². The van der Waals surface area contributed by atoms with Crippen LogP contribution >= 0.6 is 38.8 Å². The minimum atomic E-state index is 0.218. The number of thiophene rings is 1. The summed E-state index contributed by atoms with van der Waals surface area (Å²) < 4.78 is 5.32. The van der Waals surface area contributed by atoms with Crippen molar-refractivity contribution in [2.75, 3.05) is 6.54 Å². The standard InChI is InChI=1S/C13H18BrN3S2/c1-3-5-10-13(19-17-16-10)11(15-7-4-2)12-9(14)6-8-18-12/h6,8,11,15H,3-5,7H2,1-2H3. The highest BCUT2D eigenvalue weighted by molar-refractivity contribution is 9.10. The van der Waals surface area contributed by atoms with Gasteiger partial charge in [-0.15, -0.1) is 16.4 Å². The van der Waals surface area contributed by atoms with E-state index in [1.54, 1.807) is 11.3 Å². The molecule has 0 aliphatic carbocycles. The molecule has 0 amide bonds. The topological polar surface area (TPSA) is 37.8 Å². The minimum Gasteiger partial charge on any atom is -0.305 e. The lowest BCUT2D eigenvalue weighted by atomic mass is 10.1. The highest BCUT2D eigenvalue weighted by Gasteiger charge is 2.23. The fourth-order valence-electron chi connectivity index (χ4n) is 1.95. The molecule has 0 saturated heterocycles. The quantitative estimate of drug-likeness (QED) is 0.795. The van der Waals surface area contributed by atoms with Gasteiger partial charge in [-0.05, 0) is 58.3 Å². The summed E-state index contributed by atoms with van der Waals surface area (Å²) in [5, 5.41) is 10.0. The number of halogens is 1. The van der Waals surface area contributed by atoms with Gasteiger partial charge in [0, 0.05) is 9.35 Å². The van der Waals surface area contributed by atoms with Crippen LogP contribution in [0.2, 0.25) is 0 Å². The third kappa shape index (κ3) is 3.62. The van der Waals surface area contributed by atoms with E-state index < -0.39 is 0 Å². The van der Waals surface area contributed by atoms with Crippen molar-refractivity contribution in [1.29, 1.82) is 0 Å². The lowest BCUT2D eigenvalue weighted by molar-refractivity contribution is 0.605. The average molecular weight is 360 g/mol. The molecule has 0 aromatic carbocycles. The first-order valence-electron chi connectivity index (χ1n) is 6.55. The molecular weight excluding hydrogens is 342 g/mol. The molecule has 0 fully saturated rings. The van der Waals surface area contributed by atoms with Crippen molar-refractivity contribution in [3.05, 3.63) is 31.4 Å². The zero-order valence-electron chi connectivity index (χ0n) is 11.1. The third-order valence-electron chi connectivity index (χ3n) is 2.84. The summed E-state index contributed by atoms with van der Waals surface area (Å²) in [6.45, 7) is 5.36. The smallest absolute Gasteiger partial charge is 0.0811 e. The minimum absolute atomic E-state index is 0.218. The number of hydrogen-bond acceptors (Lipinski definition) is 5. The predicted octanol–water partition coefficient (Wildman–Crippen LogP) is 4.40. The van der Waals surface area contributed by atoms with E-state index >= 15 is 0 Å². The first-order valence-corrected chi connectivity index (χ1v) is 8.99. The Balaban J connectivity index is 2.31. The van der Waals surface area contributed by atoms with E-state index in [1.807, 2.05) is 0 Å². The molecule has 0 saturated carbocycles. The van der Waals surface area contributed by atoms with Gasteiger partial charge in [0.05, 0.1) is 16.6 Å². The van der Waals surface area contributed by atoms with Gasteiger partial charge in [0.2, 0.25) is 0 Å². The molecule has 0 spiro atoms. The van der Waals surface area contributed by atoms with Gasteiger partial charge < -0.3 is 5.32 Å². The van der Waals surface area contributed by atoms with E-state index in [1.165, 1.54) is 25.8 Å². The van der Waals surface area contributed by atoms with Crippen LogP contribution in [0.3, 0.4) is 0 Å². The average Bonchev–Trinajstić information content (AvgIpc) is 3.01. The Labute approximate surface area is 130 Å². The summed E-state index contributed by atoms with van der Waals surface area (Å²) >= 11 is 6.93. The molecule has 2 aromatic heterocycles.